The highest BCUT2D eigenvalue weighted by molar-refractivity contribution is 4.86. The van der Waals surface area contributed by atoms with Gasteiger partial charge in [0.05, 0.1) is 13.2 Å². The molecule has 1 aliphatic rings. The Kier molecular flexibility index (Phi) is 9.39. The van der Waals surface area contributed by atoms with E-state index in [9.17, 15) is 15.3 Å². The Hall–Kier alpha value is -0.200. The lowest BCUT2D eigenvalue weighted by Crippen LogP contribution is -2.54. The zero-order chi connectivity index (χ0) is 14.8. The molecular weight excluding hydrogens is 260 g/mol. The van der Waals surface area contributed by atoms with E-state index in [1.165, 1.54) is 38.5 Å². The average Bonchev–Trinajstić information content (AvgIpc) is 2.45. The molecule has 0 aliphatic carbocycles. The molecule has 0 amide bonds. The van der Waals surface area contributed by atoms with Crippen LogP contribution in [0.1, 0.15) is 51.9 Å². The predicted molar refractivity (Wildman–Crippen MR) is 76.6 cm³/mol. The molecule has 1 heterocycles. The van der Waals surface area contributed by atoms with Crippen LogP contribution in [0.4, 0.5) is 0 Å². The number of rotatable bonds is 10. The van der Waals surface area contributed by atoms with Crippen molar-refractivity contribution in [2.75, 3.05) is 19.8 Å². The SMILES string of the molecule is CCCCCCCCCOC[C@H]1OC[C@H](O)[C@@H](O)[C@@H]1O. The van der Waals surface area contributed by atoms with Crippen LogP contribution in [0.25, 0.3) is 0 Å². The molecule has 0 aromatic heterocycles. The third-order valence-corrected chi connectivity index (χ3v) is 3.78. The smallest absolute Gasteiger partial charge is 0.111 e. The first kappa shape index (κ1) is 17.9. The van der Waals surface area contributed by atoms with Gasteiger partial charge >= 0.3 is 0 Å². The standard InChI is InChI=1S/C15H30O5/c1-2-3-4-5-6-7-8-9-19-11-13-15(18)14(17)12(16)10-20-13/h12-18H,2-11H2,1H3/t12-,13+,14+,15+/m0/s1. The minimum atomic E-state index is -1.14. The van der Waals surface area contributed by atoms with Crippen molar-refractivity contribution >= 4 is 0 Å². The van der Waals surface area contributed by atoms with Crippen molar-refractivity contribution in [3.8, 4) is 0 Å². The van der Waals surface area contributed by atoms with Crippen molar-refractivity contribution in [1.82, 2.24) is 0 Å². The number of aliphatic hydroxyl groups excluding tert-OH is 3. The number of ether oxygens (including phenoxy) is 2. The van der Waals surface area contributed by atoms with E-state index in [1.807, 2.05) is 0 Å². The van der Waals surface area contributed by atoms with Gasteiger partial charge in [0, 0.05) is 6.61 Å². The van der Waals surface area contributed by atoms with Crippen molar-refractivity contribution in [2.45, 2.75) is 76.3 Å². The van der Waals surface area contributed by atoms with Gasteiger partial charge in [-0.3, -0.25) is 0 Å². The van der Waals surface area contributed by atoms with Gasteiger partial charge in [0.1, 0.15) is 24.4 Å². The fourth-order valence-electron chi connectivity index (χ4n) is 2.37. The topological polar surface area (TPSA) is 79.2 Å². The summed E-state index contributed by atoms with van der Waals surface area (Å²) in [6.07, 6.45) is 4.86. The number of unbranched alkanes of at least 4 members (excludes halogenated alkanes) is 6. The van der Waals surface area contributed by atoms with Crippen molar-refractivity contribution in [1.29, 1.82) is 0 Å². The molecular formula is C15H30O5. The summed E-state index contributed by atoms with van der Waals surface area (Å²) in [7, 11) is 0. The maximum absolute atomic E-state index is 9.72. The van der Waals surface area contributed by atoms with E-state index in [-0.39, 0.29) is 13.2 Å². The second-order valence-electron chi connectivity index (χ2n) is 5.62. The third-order valence-electron chi connectivity index (χ3n) is 3.78. The molecule has 20 heavy (non-hydrogen) atoms. The summed E-state index contributed by atoms with van der Waals surface area (Å²) in [5, 5.41) is 28.6. The molecule has 120 valence electrons. The van der Waals surface area contributed by atoms with Crippen molar-refractivity contribution in [2.24, 2.45) is 0 Å². The van der Waals surface area contributed by atoms with Crippen LogP contribution in [0, 0.1) is 0 Å². The van der Waals surface area contributed by atoms with Crippen LogP contribution in [0.2, 0.25) is 0 Å². The van der Waals surface area contributed by atoms with Gasteiger partial charge in [0.2, 0.25) is 0 Å². The lowest BCUT2D eigenvalue weighted by Gasteiger charge is -2.35. The summed E-state index contributed by atoms with van der Waals surface area (Å²) in [5.74, 6) is 0. The van der Waals surface area contributed by atoms with Crippen LogP contribution in [0.5, 0.6) is 0 Å². The van der Waals surface area contributed by atoms with Gasteiger partial charge in [-0.05, 0) is 6.42 Å². The zero-order valence-electron chi connectivity index (χ0n) is 12.5. The first-order valence-electron chi connectivity index (χ1n) is 7.90. The summed E-state index contributed by atoms with van der Waals surface area (Å²) in [5.41, 5.74) is 0. The number of aliphatic hydroxyl groups is 3. The number of hydrogen-bond acceptors (Lipinski definition) is 5. The molecule has 0 bridgehead atoms. The molecule has 0 spiro atoms. The van der Waals surface area contributed by atoms with Gasteiger partial charge in [0.15, 0.2) is 0 Å². The monoisotopic (exact) mass is 290 g/mol. The van der Waals surface area contributed by atoms with Gasteiger partial charge in [-0.1, -0.05) is 45.4 Å². The van der Waals surface area contributed by atoms with E-state index in [4.69, 9.17) is 9.47 Å². The summed E-state index contributed by atoms with van der Waals surface area (Å²) >= 11 is 0. The Morgan fingerprint density at radius 3 is 2.30 bits per heavy atom. The Morgan fingerprint density at radius 2 is 1.60 bits per heavy atom. The molecule has 4 atom stereocenters. The predicted octanol–water partition coefficient (Wildman–Crippen LogP) is 1.24. The molecule has 0 saturated carbocycles. The lowest BCUT2D eigenvalue weighted by atomic mass is 10.0. The van der Waals surface area contributed by atoms with Crippen LogP contribution in [0.3, 0.4) is 0 Å². The molecule has 0 aromatic rings. The van der Waals surface area contributed by atoms with Crippen LogP contribution < -0.4 is 0 Å². The van der Waals surface area contributed by atoms with E-state index in [0.717, 1.165) is 6.42 Å². The summed E-state index contributed by atoms with van der Waals surface area (Å²) in [6, 6.07) is 0. The maximum Gasteiger partial charge on any atom is 0.111 e. The minimum Gasteiger partial charge on any atom is -0.388 e. The molecule has 1 aliphatic heterocycles. The zero-order valence-corrected chi connectivity index (χ0v) is 12.5. The van der Waals surface area contributed by atoms with E-state index in [1.54, 1.807) is 0 Å². The Labute approximate surface area is 121 Å². The van der Waals surface area contributed by atoms with Gasteiger partial charge in [0.25, 0.3) is 0 Å². The summed E-state index contributed by atoms with van der Waals surface area (Å²) < 4.78 is 10.7. The maximum atomic E-state index is 9.72. The highest BCUT2D eigenvalue weighted by atomic mass is 16.6. The molecule has 1 saturated heterocycles. The molecule has 5 heteroatoms. The Morgan fingerprint density at radius 1 is 0.950 bits per heavy atom. The van der Waals surface area contributed by atoms with Gasteiger partial charge in [-0.15, -0.1) is 0 Å². The van der Waals surface area contributed by atoms with Crippen molar-refractivity contribution in [3.05, 3.63) is 0 Å². The number of hydrogen-bond donors (Lipinski definition) is 3. The normalized spacial score (nSPS) is 30.6. The molecule has 1 fully saturated rings. The van der Waals surface area contributed by atoms with Gasteiger partial charge in [-0.2, -0.15) is 0 Å². The molecule has 3 N–H and O–H groups in total. The molecule has 0 aromatic carbocycles. The van der Waals surface area contributed by atoms with Crippen molar-refractivity contribution in [3.63, 3.8) is 0 Å². The average molecular weight is 290 g/mol. The van der Waals surface area contributed by atoms with E-state index >= 15 is 0 Å². The fraction of sp³-hybridized carbons (Fsp3) is 1.00. The first-order valence-corrected chi connectivity index (χ1v) is 7.90. The van der Waals surface area contributed by atoms with Crippen LogP contribution in [-0.4, -0.2) is 59.6 Å². The first-order chi connectivity index (χ1) is 9.66. The second kappa shape index (κ2) is 10.5. The fourth-order valence-corrected chi connectivity index (χ4v) is 2.37. The largest absolute Gasteiger partial charge is 0.388 e. The lowest BCUT2D eigenvalue weighted by molar-refractivity contribution is -0.199. The third kappa shape index (κ3) is 6.50. The van der Waals surface area contributed by atoms with E-state index in [2.05, 4.69) is 6.92 Å². The Bertz CT molecular complexity index is 236. The van der Waals surface area contributed by atoms with Crippen LogP contribution in [0.15, 0.2) is 0 Å². The summed E-state index contributed by atoms with van der Waals surface area (Å²) in [6.45, 7) is 3.18. The molecule has 0 radical (unpaired) electrons. The quantitative estimate of drug-likeness (QED) is 0.528. The molecule has 0 unspecified atom stereocenters. The highest BCUT2D eigenvalue weighted by Gasteiger charge is 2.37. The Balaban J connectivity index is 1.96. The van der Waals surface area contributed by atoms with Gasteiger partial charge in [-0.25, -0.2) is 0 Å². The molecule has 1 rings (SSSR count). The van der Waals surface area contributed by atoms with Crippen molar-refractivity contribution < 1.29 is 24.8 Å². The minimum absolute atomic E-state index is 0.0453. The highest BCUT2D eigenvalue weighted by Crippen LogP contribution is 2.16. The summed E-state index contributed by atoms with van der Waals surface area (Å²) in [4.78, 5) is 0. The second-order valence-corrected chi connectivity index (χ2v) is 5.62. The van der Waals surface area contributed by atoms with E-state index in [0.29, 0.717) is 6.61 Å². The van der Waals surface area contributed by atoms with Gasteiger partial charge < -0.3 is 24.8 Å². The van der Waals surface area contributed by atoms with Crippen LogP contribution >= 0.6 is 0 Å². The molecule has 5 nitrogen and oxygen atoms in total. The van der Waals surface area contributed by atoms with E-state index < -0.39 is 24.4 Å². The van der Waals surface area contributed by atoms with Crippen LogP contribution in [-0.2, 0) is 9.47 Å².